The van der Waals surface area contributed by atoms with Crippen molar-refractivity contribution in [3.8, 4) is 0 Å². The summed E-state index contributed by atoms with van der Waals surface area (Å²) in [4.78, 5) is 99.8. The molecule has 2 saturated carbocycles. The first-order valence-electron chi connectivity index (χ1n) is 18.5. The van der Waals surface area contributed by atoms with Crippen LogP contribution in [-0.4, -0.2) is 123 Å². The van der Waals surface area contributed by atoms with Crippen LogP contribution in [0.3, 0.4) is 0 Å². The van der Waals surface area contributed by atoms with Crippen molar-refractivity contribution in [3.63, 3.8) is 0 Å². The van der Waals surface area contributed by atoms with E-state index in [0.29, 0.717) is 0 Å². The minimum absolute atomic E-state index is 0.0476. The highest BCUT2D eigenvalue weighted by atomic mass is 16.7. The van der Waals surface area contributed by atoms with Crippen molar-refractivity contribution in [2.75, 3.05) is 6.61 Å². The van der Waals surface area contributed by atoms with Crippen LogP contribution in [0.4, 0.5) is 0 Å². The number of cyclic esters (lactones) is 1. The van der Waals surface area contributed by atoms with Gasteiger partial charge < -0.3 is 48.1 Å². The van der Waals surface area contributed by atoms with E-state index in [4.69, 9.17) is 37.9 Å². The van der Waals surface area contributed by atoms with Gasteiger partial charge in [0, 0.05) is 39.8 Å². The number of carbonyl (C=O) groups excluding carboxylic acids is 7. The predicted molar refractivity (Wildman–Crippen MR) is 191 cm³/mol. The van der Waals surface area contributed by atoms with Gasteiger partial charge in [-0.2, -0.15) is 0 Å². The largest absolute Gasteiger partial charge is 0.459 e. The lowest BCUT2D eigenvalue weighted by molar-refractivity contribution is -0.395. The number of aromatic nitrogens is 1. The van der Waals surface area contributed by atoms with Crippen LogP contribution >= 0.6 is 0 Å². The summed E-state index contributed by atoms with van der Waals surface area (Å²) in [6.07, 6.45) is -11.6. The number of ether oxygens (including phenoxy) is 8. The molecule has 0 amide bonds. The van der Waals surface area contributed by atoms with Gasteiger partial charge in [0.2, 0.25) is 5.60 Å². The van der Waals surface area contributed by atoms with Crippen molar-refractivity contribution in [2.24, 2.45) is 11.8 Å². The average Bonchev–Trinajstić information content (AvgIpc) is 3.38. The molecule has 2 N–H and O–H groups in total. The van der Waals surface area contributed by atoms with Crippen molar-refractivity contribution in [1.82, 2.24) is 4.98 Å². The summed E-state index contributed by atoms with van der Waals surface area (Å²) in [6, 6.07) is 10.1. The number of nitrogens with zero attached hydrogens (tertiary/aromatic N) is 1. The highest BCUT2D eigenvalue weighted by molar-refractivity contribution is 5.91. The Kier molecular flexibility index (Phi) is 10.9. The molecule has 4 bridgehead atoms. The topological polar surface area (TPSA) is 247 Å². The molecule has 18 nitrogen and oxygen atoms in total. The first-order chi connectivity index (χ1) is 27.1. The minimum atomic E-state index is -3.08. The zero-order valence-corrected chi connectivity index (χ0v) is 33.0. The van der Waals surface area contributed by atoms with Gasteiger partial charge in [0.05, 0.1) is 28.7 Å². The molecule has 312 valence electrons. The van der Waals surface area contributed by atoms with Crippen molar-refractivity contribution < 1.29 is 81.7 Å². The maximum atomic E-state index is 14.5. The Morgan fingerprint density at radius 1 is 0.793 bits per heavy atom. The molecule has 1 spiro atoms. The molecule has 13 atom stereocenters. The number of hydrogen-bond acceptors (Lipinski definition) is 18. The molecule has 2 aliphatic heterocycles. The molecular weight excluding hydrogens is 766 g/mol. The number of aliphatic hydroxyl groups is 2. The Morgan fingerprint density at radius 2 is 1.38 bits per heavy atom. The summed E-state index contributed by atoms with van der Waals surface area (Å²) >= 11 is 0. The van der Waals surface area contributed by atoms with Gasteiger partial charge >= 0.3 is 41.8 Å². The van der Waals surface area contributed by atoms with Gasteiger partial charge in [-0.15, -0.1) is 0 Å². The van der Waals surface area contributed by atoms with Crippen LogP contribution in [-0.2, 0) is 61.9 Å². The van der Waals surface area contributed by atoms with Crippen molar-refractivity contribution in [2.45, 2.75) is 120 Å². The Bertz CT molecular complexity index is 2020. The lowest BCUT2D eigenvalue weighted by Crippen LogP contribution is -2.92. The molecule has 1 saturated heterocycles. The fourth-order valence-electron chi connectivity index (χ4n) is 9.18. The van der Waals surface area contributed by atoms with Crippen LogP contribution in [0.5, 0.6) is 0 Å². The normalized spacial score (nSPS) is 37.8. The molecule has 1 aromatic heterocycles. The fourth-order valence-corrected chi connectivity index (χ4v) is 9.18. The second kappa shape index (κ2) is 15.0. The zero-order chi connectivity index (χ0) is 42.7. The van der Waals surface area contributed by atoms with Crippen LogP contribution in [0.25, 0.3) is 0 Å². The molecule has 4 aliphatic rings. The van der Waals surface area contributed by atoms with E-state index in [2.05, 4.69) is 4.98 Å². The molecule has 3 fully saturated rings. The van der Waals surface area contributed by atoms with Crippen LogP contribution in [0.15, 0.2) is 48.7 Å². The molecule has 2 aliphatic carbocycles. The Hall–Kier alpha value is -5.46. The van der Waals surface area contributed by atoms with E-state index in [1.807, 2.05) is 0 Å². The fraction of sp³-hybridized carbons (Fsp3) is 0.550. The minimum Gasteiger partial charge on any atom is -0.459 e. The zero-order valence-electron chi connectivity index (χ0n) is 33.0. The van der Waals surface area contributed by atoms with E-state index in [0.717, 1.165) is 34.6 Å². The summed E-state index contributed by atoms with van der Waals surface area (Å²) in [6.45, 7) is 8.51. The summed E-state index contributed by atoms with van der Waals surface area (Å²) < 4.78 is 48.8. The molecule has 6 rings (SSSR count). The monoisotopic (exact) mass is 811 g/mol. The second-order valence-corrected chi connectivity index (χ2v) is 15.5. The molecule has 18 heteroatoms. The average molecular weight is 812 g/mol. The number of hydrogen-bond donors (Lipinski definition) is 2. The van der Waals surface area contributed by atoms with Gasteiger partial charge in [-0.3, -0.25) is 29.0 Å². The SMILES string of the molecule is CC(=O)O[C@@H]1[C@@H]2[C@@H](OC(C)=O)[C@@]34O[C@@]2(C)COC(=O)c2cccnc2C(C)C(C)C(=O)O[C@@H]([C@H](O)[C@H](OC(C)=O)[C@@]3(OC(=O)c2ccccc2)[C@@H]1OC(C)=O)[C@]4(C)O. The van der Waals surface area contributed by atoms with Gasteiger partial charge in [-0.05, 0) is 38.1 Å². The van der Waals surface area contributed by atoms with E-state index in [1.54, 1.807) is 13.0 Å². The standard InChI is InChI=1S/C40H45NO17/c1-18-19(2)34(47)56-31-28(46)32(54-22(5)44)39(57-35(48)24-13-10-9-11-14-24)33(55-23(6)45)29(52-20(3)42)26-30(53-21(4)43)40(39,38(31,8)50)58-37(26,7)17-51-36(49)25-15-12-16-41-27(18)25/h9-16,18-19,26,28-33,46,50H,17H2,1-8H3/t18?,19?,26-,28+,29-,30-,31+,32+,33-,37+,38+,39-,40+/m1/s1. The Labute approximate surface area is 332 Å². The van der Waals surface area contributed by atoms with Gasteiger partial charge in [-0.25, -0.2) is 9.59 Å². The third kappa shape index (κ3) is 6.46. The van der Waals surface area contributed by atoms with Crippen molar-refractivity contribution >= 4 is 41.8 Å². The third-order valence-corrected chi connectivity index (χ3v) is 11.6. The first-order valence-corrected chi connectivity index (χ1v) is 18.5. The van der Waals surface area contributed by atoms with Gasteiger partial charge in [0.1, 0.15) is 30.0 Å². The Balaban J connectivity index is 1.77. The van der Waals surface area contributed by atoms with E-state index in [1.165, 1.54) is 56.4 Å². The quantitative estimate of drug-likeness (QED) is 0.310. The summed E-state index contributed by atoms with van der Waals surface area (Å²) in [5.41, 5.74) is -11.1. The number of fused-ring (bicyclic) bond motifs is 5. The molecule has 3 heterocycles. The number of pyridine rings is 1. The molecule has 0 radical (unpaired) electrons. The first kappa shape index (κ1) is 42.2. The summed E-state index contributed by atoms with van der Waals surface area (Å²) in [5, 5.41) is 25.8. The van der Waals surface area contributed by atoms with E-state index in [9.17, 15) is 43.8 Å². The third-order valence-electron chi connectivity index (χ3n) is 11.6. The smallest absolute Gasteiger partial charge is 0.340 e. The van der Waals surface area contributed by atoms with Gasteiger partial charge in [-0.1, -0.05) is 32.0 Å². The molecule has 1 aromatic carbocycles. The van der Waals surface area contributed by atoms with Crippen molar-refractivity contribution in [3.05, 3.63) is 65.5 Å². The Morgan fingerprint density at radius 3 is 1.98 bits per heavy atom. The molecule has 2 aromatic rings. The summed E-state index contributed by atoms with van der Waals surface area (Å²) in [7, 11) is 0. The highest BCUT2D eigenvalue weighted by Gasteiger charge is 2.93. The second-order valence-electron chi connectivity index (χ2n) is 15.5. The number of benzene rings is 1. The van der Waals surface area contributed by atoms with Crippen LogP contribution in [0.1, 0.15) is 87.7 Å². The molecular formula is C40H45NO17. The van der Waals surface area contributed by atoms with Gasteiger partial charge in [0.15, 0.2) is 30.0 Å². The lowest BCUT2D eigenvalue weighted by atomic mass is 9.50. The number of aliphatic hydroxyl groups excluding tert-OH is 1. The lowest BCUT2D eigenvalue weighted by Gasteiger charge is -2.66. The van der Waals surface area contributed by atoms with Crippen LogP contribution < -0.4 is 0 Å². The van der Waals surface area contributed by atoms with E-state index < -0.39 is 125 Å². The van der Waals surface area contributed by atoms with Gasteiger partial charge in [0.25, 0.3) is 0 Å². The maximum absolute atomic E-state index is 14.5. The number of esters is 7. The van der Waals surface area contributed by atoms with E-state index >= 15 is 0 Å². The number of rotatable bonds is 6. The molecule has 2 unspecified atom stereocenters. The maximum Gasteiger partial charge on any atom is 0.340 e. The van der Waals surface area contributed by atoms with Crippen LogP contribution in [0, 0.1) is 11.8 Å². The van der Waals surface area contributed by atoms with Crippen molar-refractivity contribution in [1.29, 1.82) is 0 Å². The van der Waals surface area contributed by atoms with Crippen LogP contribution in [0.2, 0.25) is 0 Å². The predicted octanol–water partition coefficient (Wildman–Crippen LogP) is 1.51. The molecule has 58 heavy (non-hydrogen) atoms. The number of carbonyl (C=O) groups is 7. The summed E-state index contributed by atoms with van der Waals surface area (Å²) in [5.74, 6) is -11.1. The van der Waals surface area contributed by atoms with E-state index in [-0.39, 0.29) is 16.8 Å². The highest BCUT2D eigenvalue weighted by Crippen LogP contribution is 2.67.